The fourth-order valence-electron chi connectivity index (χ4n) is 1.73. The molecule has 0 unspecified atom stereocenters. The Labute approximate surface area is 112 Å². The molecule has 2 aromatic carbocycles. The van der Waals surface area contributed by atoms with Crippen LogP contribution in [0, 0.1) is 23.3 Å². The summed E-state index contributed by atoms with van der Waals surface area (Å²) in [4.78, 5) is 0.781. The van der Waals surface area contributed by atoms with E-state index in [0.29, 0.717) is 0 Å². The molecule has 0 aliphatic heterocycles. The zero-order chi connectivity index (χ0) is 14.0. The van der Waals surface area contributed by atoms with Gasteiger partial charge >= 0.3 is 0 Å². The summed E-state index contributed by atoms with van der Waals surface area (Å²) >= 11 is 1.47. The summed E-state index contributed by atoms with van der Waals surface area (Å²) in [7, 11) is 0. The Kier molecular flexibility index (Phi) is 4.14. The molecule has 0 aliphatic carbocycles. The van der Waals surface area contributed by atoms with Gasteiger partial charge in [-0.25, -0.2) is 17.6 Å². The molecular formula is C14H10F4S. The van der Waals surface area contributed by atoms with E-state index < -0.39 is 28.8 Å². The van der Waals surface area contributed by atoms with Crippen LogP contribution in [0.1, 0.15) is 6.92 Å². The van der Waals surface area contributed by atoms with Crippen LogP contribution in [-0.2, 0) is 0 Å². The van der Waals surface area contributed by atoms with Crippen molar-refractivity contribution in [3.63, 3.8) is 0 Å². The minimum atomic E-state index is -1.40. The van der Waals surface area contributed by atoms with Crippen molar-refractivity contribution in [3.8, 4) is 11.1 Å². The highest BCUT2D eigenvalue weighted by Gasteiger charge is 2.20. The summed E-state index contributed by atoms with van der Waals surface area (Å²) in [6.45, 7) is 1.93. The zero-order valence-electron chi connectivity index (χ0n) is 10.0. The summed E-state index contributed by atoms with van der Waals surface area (Å²) in [6.07, 6.45) is 0. The second-order valence-corrected chi connectivity index (χ2v) is 5.14. The van der Waals surface area contributed by atoms with Gasteiger partial charge < -0.3 is 0 Å². The largest absolute Gasteiger partial charge is 0.204 e. The zero-order valence-corrected chi connectivity index (χ0v) is 10.8. The average molecular weight is 286 g/mol. The molecule has 0 atom stereocenters. The molecule has 0 radical (unpaired) electrons. The van der Waals surface area contributed by atoms with Crippen molar-refractivity contribution in [3.05, 3.63) is 53.6 Å². The molecule has 0 saturated carbocycles. The van der Waals surface area contributed by atoms with Crippen LogP contribution in [0.4, 0.5) is 17.6 Å². The molecule has 0 saturated heterocycles. The predicted octanol–water partition coefficient (Wildman–Crippen LogP) is 5.02. The molecular weight excluding hydrogens is 276 g/mol. The van der Waals surface area contributed by atoms with Crippen LogP contribution in [0.5, 0.6) is 0 Å². The maximum Gasteiger partial charge on any atom is 0.169 e. The smallest absolute Gasteiger partial charge is 0.169 e. The first-order chi connectivity index (χ1) is 9.04. The lowest BCUT2D eigenvalue weighted by molar-refractivity contribution is 0.458. The van der Waals surface area contributed by atoms with Crippen molar-refractivity contribution in [2.24, 2.45) is 0 Å². The Morgan fingerprint density at radius 2 is 1.58 bits per heavy atom. The van der Waals surface area contributed by atoms with Crippen LogP contribution in [-0.4, -0.2) is 5.75 Å². The third-order valence-electron chi connectivity index (χ3n) is 2.55. The normalized spacial score (nSPS) is 10.8. The first-order valence-electron chi connectivity index (χ1n) is 5.60. The van der Waals surface area contributed by atoms with Gasteiger partial charge in [-0.2, -0.15) is 0 Å². The number of hydrogen-bond acceptors (Lipinski definition) is 1. The minimum Gasteiger partial charge on any atom is -0.204 e. The molecule has 0 fully saturated rings. The fourth-order valence-corrected chi connectivity index (χ4v) is 2.45. The standard InChI is InChI=1S/C14H10F4S/c1-2-19-9-5-3-4-8(6-9)12-13(17)10(15)7-11(16)14(12)18/h3-7H,2H2,1H3. The molecule has 0 amide bonds. The lowest BCUT2D eigenvalue weighted by Gasteiger charge is -2.08. The maximum absolute atomic E-state index is 13.7. The molecule has 0 N–H and O–H groups in total. The van der Waals surface area contributed by atoms with Gasteiger partial charge in [0.1, 0.15) is 0 Å². The highest BCUT2D eigenvalue weighted by atomic mass is 32.2. The summed E-state index contributed by atoms with van der Waals surface area (Å²) in [6, 6.07) is 6.49. The monoisotopic (exact) mass is 286 g/mol. The second kappa shape index (κ2) is 5.65. The SMILES string of the molecule is CCSc1cccc(-c2c(F)c(F)cc(F)c2F)c1. The Morgan fingerprint density at radius 1 is 0.947 bits per heavy atom. The van der Waals surface area contributed by atoms with E-state index in [1.54, 1.807) is 12.1 Å². The average Bonchev–Trinajstić information content (AvgIpc) is 2.38. The van der Waals surface area contributed by atoms with Gasteiger partial charge in [-0.05, 0) is 23.4 Å². The molecule has 0 spiro atoms. The van der Waals surface area contributed by atoms with Gasteiger partial charge in [0, 0.05) is 11.0 Å². The molecule has 0 heterocycles. The summed E-state index contributed by atoms with van der Waals surface area (Å²) < 4.78 is 53.6. The van der Waals surface area contributed by atoms with E-state index in [0.717, 1.165) is 10.6 Å². The van der Waals surface area contributed by atoms with Gasteiger partial charge in [0.05, 0.1) is 5.56 Å². The number of rotatable bonds is 3. The molecule has 0 bridgehead atoms. The lowest BCUT2D eigenvalue weighted by atomic mass is 10.0. The van der Waals surface area contributed by atoms with Crippen molar-refractivity contribution in [2.75, 3.05) is 5.75 Å². The van der Waals surface area contributed by atoms with Gasteiger partial charge in [0.15, 0.2) is 23.3 Å². The highest BCUT2D eigenvalue weighted by molar-refractivity contribution is 7.99. The Morgan fingerprint density at radius 3 is 2.16 bits per heavy atom. The second-order valence-electron chi connectivity index (χ2n) is 3.80. The quantitative estimate of drug-likeness (QED) is 0.433. The Balaban J connectivity index is 2.61. The van der Waals surface area contributed by atoms with Gasteiger partial charge in [-0.3, -0.25) is 0 Å². The van der Waals surface area contributed by atoms with Crippen LogP contribution >= 0.6 is 11.8 Å². The van der Waals surface area contributed by atoms with Gasteiger partial charge in [0.25, 0.3) is 0 Å². The minimum absolute atomic E-state index is 0.117. The van der Waals surface area contributed by atoms with E-state index in [-0.39, 0.29) is 11.6 Å². The van der Waals surface area contributed by atoms with Crippen molar-refractivity contribution in [1.82, 2.24) is 0 Å². The van der Waals surface area contributed by atoms with Crippen molar-refractivity contribution in [2.45, 2.75) is 11.8 Å². The molecule has 100 valence electrons. The Hall–Kier alpha value is -1.49. The van der Waals surface area contributed by atoms with E-state index in [1.807, 2.05) is 6.92 Å². The molecule has 0 aromatic heterocycles. The van der Waals surface area contributed by atoms with E-state index in [9.17, 15) is 17.6 Å². The highest BCUT2D eigenvalue weighted by Crippen LogP contribution is 2.31. The number of halogens is 4. The topological polar surface area (TPSA) is 0 Å². The fraction of sp³-hybridized carbons (Fsp3) is 0.143. The number of hydrogen-bond donors (Lipinski definition) is 0. The maximum atomic E-state index is 13.7. The molecule has 5 heteroatoms. The third kappa shape index (κ3) is 2.76. The molecule has 0 aliphatic rings. The van der Waals surface area contributed by atoms with Gasteiger partial charge in [-0.15, -0.1) is 11.8 Å². The molecule has 2 rings (SSSR count). The van der Waals surface area contributed by atoms with Crippen LogP contribution in [0.15, 0.2) is 35.2 Å². The summed E-state index contributed by atoms with van der Waals surface area (Å²) in [5, 5.41) is 0. The first-order valence-corrected chi connectivity index (χ1v) is 6.59. The van der Waals surface area contributed by atoms with E-state index in [4.69, 9.17) is 0 Å². The molecule has 19 heavy (non-hydrogen) atoms. The van der Waals surface area contributed by atoms with Crippen molar-refractivity contribution < 1.29 is 17.6 Å². The van der Waals surface area contributed by atoms with Gasteiger partial charge in [0.2, 0.25) is 0 Å². The van der Waals surface area contributed by atoms with Crippen molar-refractivity contribution in [1.29, 1.82) is 0 Å². The van der Waals surface area contributed by atoms with Gasteiger partial charge in [-0.1, -0.05) is 19.1 Å². The predicted molar refractivity (Wildman–Crippen MR) is 68.1 cm³/mol. The Bertz CT molecular complexity index is 584. The van der Waals surface area contributed by atoms with E-state index in [2.05, 4.69) is 0 Å². The van der Waals surface area contributed by atoms with Crippen LogP contribution in [0.25, 0.3) is 11.1 Å². The summed E-state index contributed by atoms with van der Waals surface area (Å²) in [5.41, 5.74) is -0.553. The lowest BCUT2D eigenvalue weighted by Crippen LogP contribution is -1.98. The first kappa shape index (κ1) is 13.9. The number of thioether (sulfide) groups is 1. The van der Waals surface area contributed by atoms with Crippen molar-refractivity contribution >= 4 is 11.8 Å². The van der Waals surface area contributed by atoms with Crippen LogP contribution < -0.4 is 0 Å². The third-order valence-corrected chi connectivity index (χ3v) is 3.42. The summed E-state index contributed by atoms with van der Waals surface area (Å²) in [5.74, 6) is -4.77. The molecule has 2 aromatic rings. The molecule has 0 nitrogen and oxygen atoms in total. The van der Waals surface area contributed by atoms with Crippen LogP contribution in [0.2, 0.25) is 0 Å². The van der Waals surface area contributed by atoms with Crippen LogP contribution in [0.3, 0.4) is 0 Å². The van der Waals surface area contributed by atoms with E-state index in [1.165, 1.54) is 23.9 Å². The number of benzene rings is 2. The van der Waals surface area contributed by atoms with E-state index >= 15 is 0 Å².